The third kappa shape index (κ3) is 6.15. The molecular formula is C28H33N3O7S2. The van der Waals surface area contributed by atoms with Crippen molar-refractivity contribution < 1.29 is 31.5 Å². The monoisotopic (exact) mass is 587 g/mol. The number of ether oxygens (including phenoxy) is 1. The van der Waals surface area contributed by atoms with Crippen LogP contribution in [0.25, 0.3) is 0 Å². The maximum absolute atomic E-state index is 13.6. The Hall–Kier alpha value is -3.45. The first-order valence-electron chi connectivity index (χ1n) is 12.8. The molecule has 214 valence electrons. The molecular weight excluding hydrogens is 554 g/mol. The van der Waals surface area contributed by atoms with E-state index >= 15 is 0 Å². The first-order chi connectivity index (χ1) is 19.0. The predicted molar refractivity (Wildman–Crippen MR) is 151 cm³/mol. The first kappa shape index (κ1) is 29.5. The highest BCUT2D eigenvalue weighted by atomic mass is 32.2. The highest BCUT2D eigenvalue weighted by Crippen LogP contribution is 2.36. The molecule has 0 aliphatic carbocycles. The van der Waals surface area contributed by atoms with Gasteiger partial charge in [-0.25, -0.2) is 16.8 Å². The van der Waals surface area contributed by atoms with Crippen LogP contribution in [0.2, 0.25) is 0 Å². The van der Waals surface area contributed by atoms with E-state index in [1.807, 2.05) is 6.92 Å². The Balaban J connectivity index is 1.76. The van der Waals surface area contributed by atoms with Crippen molar-refractivity contribution in [3.8, 4) is 5.75 Å². The maximum atomic E-state index is 13.6. The molecule has 3 aromatic carbocycles. The van der Waals surface area contributed by atoms with E-state index < -0.39 is 44.0 Å². The zero-order chi connectivity index (χ0) is 29.1. The number of amides is 1. The van der Waals surface area contributed by atoms with Crippen LogP contribution in [-0.2, 0) is 20.0 Å². The largest absolute Gasteiger partial charge is 0.486 e. The van der Waals surface area contributed by atoms with Crippen LogP contribution in [0, 0.1) is 5.92 Å². The van der Waals surface area contributed by atoms with Gasteiger partial charge < -0.3 is 14.7 Å². The number of carbonyl (C=O) groups is 1. The lowest BCUT2D eigenvalue weighted by Crippen LogP contribution is -2.50. The lowest BCUT2D eigenvalue weighted by molar-refractivity contribution is 0.0389. The SMILES string of the molecule is C[C@@H]1CN([C@H](C)CO)C(=O)c2cccc(NS(=O)(=O)c3ccccc3)c2O[C@@H]1CN(C)S(=O)(=O)c1ccccc1. The molecule has 0 unspecified atom stereocenters. The Morgan fingerprint density at radius 1 is 0.975 bits per heavy atom. The number of sulfonamides is 2. The number of anilines is 1. The number of hydrogen-bond donors (Lipinski definition) is 2. The van der Waals surface area contributed by atoms with Gasteiger partial charge in [0.2, 0.25) is 10.0 Å². The predicted octanol–water partition coefficient (Wildman–Crippen LogP) is 3.03. The molecule has 3 aromatic rings. The molecule has 0 saturated heterocycles. The van der Waals surface area contributed by atoms with Crippen LogP contribution >= 0.6 is 0 Å². The number of benzene rings is 3. The van der Waals surface area contributed by atoms with Crippen molar-refractivity contribution in [1.82, 2.24) is 9.21 Å². The fourth-order valence-electron chi connectivity index (χ4n) is 4.47. The quantitative estimate of drug-likeness (QED) is 0.393. The summed E-state index contributed by atoms with van der Waals surface area (Å²) in [5.41, 5.74) is 0.137. The minimum absolute atomic E-state index is 0.01000. The van der Waals surface area contributed by atoms with Crippen molar-refractivity contribution >= 4 is 31.6 Å². The number of aliphatic hydroxyl groups excluding tert-OH is 1. The molecule has 1 amide bonds. The molecule has 1 heterocycles. The van der Waals surface area contributed by atoms with E-state index in [1.54, 1.807) is 43.3 Å². The Morgan fingerprint density at radius 2 is 1.57 bits per heavy atom. The first-order valence-corrected chi connectivity index (χ1v) is 15.7. The van der Waals surface area contributed by atoms with Gasteiger partial charge in [0.15, 0.2) is 5.75 Å². The number of carbonyl (C=O) groups excluding carboxylic acids is 1. The molecule has 0 saturated carbocycles. The minimum atomic E-state index is -4.03. The van der Waals surface area contributed by atoms with Crippen LogP contribution in [-0.4, -0.2) is 75.9 Å². The van der Waals surface area contributed by atoms with Crippen LogP contribution in [0.3, 0.4) is 0 Å². The lowest BCUT2D eigenvalue weighted by atomic mass is 9.99. The molecule has 3 atom stereocenters. The van der Waals surface area contributed by atoms with Crippen molar-refractivity contribution in [3.63, 3.8) is 0 Å². The van der Waals surface area contributed by atoms with Crippen molar-refractivity contribution in [2.24, 2.45) is 5.92 Å². The van der Waals surface area contributed by atoms with Gasteiger partial charge in [-0.2, -0.15) is 4.31 Å². The summed E-state index contributed by atoms with van der Waals surface area (Å²) in [6.07, 6.45) is -0.772. The van der Waals surface area contributed by atoms with Crippen LogP contribution < -0.4 is 9.46 Å². The van der Waals surface area contributed by atoms with Crippen LogP contribution in [0.4, 0.5) is 5.69 Å². The van der Waals surface area contributed by atoms with E-state index in [9.17, 15) is 26.7 Å². The van der Waals surface area contributed by atoms with Crippen molar-refractivity contribution in [2.45, 2.75) is 35.8 Å². The van der Waals surface area contributed by atoms with Gasteiger partial charge >= 0.3 is 0 Å². The highest BCUT2D eigenvalue weighted by Gasteiger charge is 2.36. The van der Waals surface area contributed by atoms with Gasteiger partial charge in [-0.1, -0.05) is 49.4 Å². The fourth-order valence-corrected chi connectivity index (χ4v) is 6.76. The van der Waals surface area contributed by atoms with E-state index in [4.69, 9.17) is 4.74 Å². The number of aliphatic hydroxyl groups is 1. The number of nitrogens with one attached hydrogen (secondary N) is 1. The maximum Gasteiger partial charge on any atom is 0.262 e. The van der Waals surface area contributed by atoms with E-state index in [0.29, 0.717) is 0 Å². The summed E-state index contributed by atoms with van der Waals surface area (Å²) in [7, 11) is -6.45. The topological polar surface area (TPSA) is 133 Å². The molecule has 4 rings (SSSR count). The lowest BCUT2D eigenvalue weighted by Gasteiger charge is -2.38. The standard InChI is InChI=1S/C28H33N3O7S2/c1-20-17-31(21(2)19-32)28(33)24-15-10-16-25(29-39(34,35)22-11-6-4-7-12-22)27(24)38-26(20)18-30(3)40(36,37)23-13-8-5-9-14-23/h4-16,20-21,26,29,32H,17-19H2,1-3H3/t20-,21-,26-/m1/s1. The van der Waals surface area contributed by atoms with E-state index in [0.717, 1.165) is 0 Å². The molecule has 12 heteroatoms. The number of para-hydroxylation sites is 1. The zero-order valence-corrected chi connectivity index (χ0v) is 24.1. The number of nitrogens with zero attached hydrogens (tertiary/aromatic N) is 2. The molecule has 1 aliphatic rings. The average molecular weight is 588 g/mol. The molecule has 1 aliphatic heterocycles. The second kappa shape index (κ2) is 12.0. The molecule has 0 radical (unpaired) electrons. The smallest absolute Gasteiger partial charge is 0.262 e. The molecule has 0 aromatic heterocycles. The van der Waals surface area contributed by atoms with Crippen LogP contribution in [0.5, 0.6) is 5.75 Å². The second-order valence-electron chi connectivity index (χ2n) is 9.82. The van der Waals surface area contributed by atoms with Gasteiger partial charge in [-0.15, -0.1) is 0 Å². The van der Waals surface area contributed by atoms with Gasteiger partial charge in [-0.05, 0) is 43.3 Å². The number of hydrogen-bond acceptors (Lipinski definition) is 7. The molecule has 10 nitrogen and oxygen atoms in total. The van der Waals surface area contributed by atoms with Gasteiger partial charge in [0.1, 0.15) is 6.10 Å². The molecule has 40 heavy (non-hydrogen) atoms. The summed E-state index contributed by atoms with van der Waals surface area (Å²) in [6.45, 7) is 3.34. The van der Waals surface area contributed by atoms with Crippen LogP contribution in [0.15, 0.2) is 88.7 Å². The summed E-state index contributed by atoms with van der Waals surface area (Å²) < 4.78 is 63.0. The Kier molecular flexibility index (Phi) is 8.83. The Morgan fingerprint density at radius 3 is 2.17 bits per heavy atom. The zero-order valence-electron chi connectivity index (χ0n) is 22.5. The normalized spacial score (nSPS) is 18.8. The molecule has 0 spiro atoms. The van der Waals surface area contributed by atoms with Crippen molar-refractivity contribution in [3.05, 3.63) is 84.4 Å². The van der Waals surface area contributed by atoms with Gasteiger partial charge in [-0.3, -0.25) is 9.52 Å². The third-order valence-corrected chi connectivity index (χ3v) is 10.1. The van der Waals surface area contributed by atoms with Gasteiger partial charge in [0.05, 0.1) is 40.2 Å². The summed E-state index contributed by atoms with van der Waals surface area (Å²) in [6, 6.07) is 19.8. The fraction of sp³-hybridized carbons (Fsp3) is 0.321. The number of rotatable bonds is 9. The van der Waals surface area contributed by atoms with E-state index in [-0.39, 0.29) is 46.5 Å². The molecule has 0 bridgehead atoms. The minimum Gasteiger partial charge on any atom is -0.486 e. The summed E-state index contributed by atoms with van der Waals surface area (Å²) >= 11 is 0. The van der Waals surface area contributed by atoms with Gasteiger partial charge in [0.25, 0.3) is 15.9 Å². The number of likely N-dealkylation sites (N-methyl/N-ethyl adjacent to an activating group) is 1. The van der Waals surface area contributed by atoms with Crippen LogP contribution in [0.1, 0.15) is 24.2 Å². The van der Waals surface area contributed by atoms with Gasteiger partial charge in [0, 0.05) is 19.5 Å². The summed E-state index contributed by atoms with van der Waals surface area (Å²) in [5, 5.41) is 9.87. The molecule has 2 N–H and O–H groups in total. The van der Waals surface area contributed by atoms with E-state index in [2.05, 4.69) is 4.72 Å². The number of fused-ring (bicyclic) bond motifs is 1. The third-order valence-electron chi connectivity index (χ3n) is 6.88. The summed E-state index contributed by atoms with van der Waals surface area (Å²) in [5.74, 6) is -0.838. The second-order valence-corrected chi connectivity index (χ2v) is 13.5. The highest BCUT2D eigenvalue weighted by molar-refractivity contribution is 7.92. The van der Waals surface area contributed by atoms with Crippen molar-refractivity contribution in [1.29, 1.82) is 0 Å². The molecule has 0 fully saturated rings. The summed E-state index contributed by atoms with van der Waals surface area (Å²) in [4.78, 5) is 15.3. The Labute approximate surface area is 235 Å². The van der Waals surface area contributed by atoms with Crippen molar-refractivity contribution in [2.75, 3.05) is 31.5 Å². The Bertz CT molecular complexity index is 1550. The van der Waals surface area contributed by atoms with E-state index in [1.165, 1.54) is 58.7 Å². The average Bonchev–Trinajstić information content (AvgIpc) is 2.95.